The maximum absolute atomic E-state index is 5.70. The van der Waals surface area contributed by atoms with Gasteiger partial charge in [0.05, 0.1) is 0 Å². The fourth-order valence-electron chi connectivity index (χ4n) is 2.21. The molecule has 0 amide bonds. The molecule has 1 unspecified atom stereocenters. The topological polar surface area (TPSA) is 86.0 Å². The number of nitrogen functional groups attached to an aromatic ring is 1. The lowest BCUT2D eigenvalue weighted by atomic mass is 10.1. The Hall–Kier alpha value is -1.43. The molecule has 1 saturated carbocycles. The Labute approximate surface area is 106 Å². The van der Waals surface area contributed by atoms with Gasteiger partial charge in [-0.3, -0.25) is 0 Å². The molecule has 18 heavy (non-hydrogen) atoms. The van der Waals surface area contributed by atoms with Gasteiger partial charge in [-0.2, -0.15) is 15.0 Å². The Morgan fingerprint density at radius 1 is 1.22 bits per heavy atom. The number of ether oxygens (including phenoxy) is 1. The van der Waals surface area contributed by atoms with E-state index in [0.717, 1.165) is 38.4 Å². The van der Waals surface area contributed by atoms with E-state index in [4.69, 9.17) is 10.5 Å². The zero-order valence-electron chi connectivity index (χ0n) is 10.4. The third-order valence-corrected chi connectivity index (χ3v) is 3.47. The van der Waals surface area contributed by atoms with Crippen LogP contribution in [0.3, 0.4) is 0 Å². The molecule has 3 rings (SSSR count). The molecule has 0 radical (unpaired) electrons. The van der Waals surface area contributed by atoms with E-state index in [1.54, 1.807) is 0 Å². The molecule has 0 bridgehead atoms. The van der Waals surface area contributed by atoms with Crippen LogP contribution >= 0.6 is 0 Å². The first-order valence-electron chi connectivity index (χ1n) is 6.64. The van der Waals surface area contributed by atoms with Gasteiger partial charge in [-0.05, 0) is 31.6 Å². The first-order valence-corrected chi connectivity index (χ1v) is 6.64. The molecule has 1 aliphatic carbocycles. The van der Waals surface area contributed by atoms with Gasteiger partial charge >= 0.3 is 0 Å². The van der Waals surface area contributed by atoms with E-state index in [1.807, 2.05) is 0 Å². The van der Waals surface area contributed by atoms with Crippen LogP contribution < -0.4 is 11.1 Å². The molecule has 0 aromatic carbocycles. The average molecular weight is 249 g/mol. The normalized spacial score (nSPS) is 23.2. The highest BCUT2D eigenvalue weighted by molar-refractivity contribution is 5.32. The highest BCUT2D eigenvalue weighted by Gasteiger charge is 2.27. The van der Waals surface area contributed by atoms with Crippen molar-refractivity contribution in [1.29, 1.82) is 0 Å². The van der Waals surface area contributed by atoms with Gasteiger partial charge in [-0.25, -0.2) is 0 Å². The lowest BCUT2D eigenvalue weighted by molar-refractivity contribution is 0.185. The van der Waals surface area contributed by atoms with E-state index in [2.05, 4.69) is 20.3 Å². The highest BCUT2D eigenvalue weighted by Crippen LogP contribution is 2.38. The van der Waals surface area contributed by atoms with E-state index in [9.17, 15) is 0 Å². The van der Waals surface area contributed by atoms with E-state index in [0.29, 0.717) is 23.7 Å². The Bertz CT molecular complexity index is 415. The van der Waals surface area contributed by atoms with Crippen molar-refractivity contribution < 1.29 is 4.74 Å². The van der Waals surface area contributed by atoms with Crippen molar-refractivity contribution in [3.05, 3.63) is 5.82 Å². The molecule has 3 N–H and O–H groups in total. The Kier molecular flexibility index (Phi) is 3.27. The number of nitrogens with zero attached hydrogens (tertiary/aromatic N) is 3. The number of hydrogen-bond acceptors (Lipinski definition) is 6. The van der Waals surface area contributed by atoms with Crippen molar-refractivity contribution in [3.8, 4) is 0 Å². The molecule has 2 fully saturated rings. The molecule has 1 saturated heterocycles. The monoisotopic (exact) mass is 249 g/mol. The van der Waals surface area contributed by atoms with Crippen LogP contribution in [0.5, 0.6) is 0 Å². The standard InChI is InChI=1S/C12H19N5O/c13-11-15-10(9-1-2-9)16-12(17-11)14-5-3-8-4-6-18-7-8/h8-9H,1-7H2,(H3,13,14,15,16,17). The minimum Gasteiger partial charge on any atom is -0.381 e. The summed E-state index contributed by atoms with van der Waals surface area (Å²) >= 11 is 0. The number of nitrogens with two attached hydrogens (primary N) is 1. The lowest BCUT2D eigenvalue weighted by Crippen LogP contribution is -2.13. The van der Waals surface area contributed by atoms with Gasteiger partial charge in [-0.15, -0.1) is 0 Å². The summed E-state index contributed by atoms with van der Waals surface area (Å²) in [5.74, 6) is 2.94. The largest absolute Gasteiger partial charge is 0.381 e. The molecular formula is C12H19N5O. The van der Waals surface area contributed by atoms with Crippen molar-refractivity contribution in [2.24, 2.45) is 5.92 Å². The first-order chi connectivity index (χ1) is 8.81. The van der Waals surface area contributed by atoms with E-state index in [-0.39, 0.29) is 0 Å². The van der Waals surface area contributed by atoms with Gasteiger partial charge in [0.2, 0.25) is 11.9 Å². The van der Waals surface area contributed by atoms with Crippen LogP contribution in [0.1, 0.15) is 37.4 Å². The molecule has 6 heteroatoms. The summed E-state index contributed by atoms with van der Waals surface area (Å²) in [7, 11) is 0. The first kappa shape index (κ1) is 11.6. The van der Waals surface area contributed by atoms with E-state index in [1.165, 1.54) is 12.8 Å². The summed E-state index contributed by atoms with van der Waals surface area (Å²) < 4.78 is 5.35. The van der Waals surface area contributed by atoms with Gasteiger partial charge in [0.1, 0.15) is 5.82 Å². The van der Waals surface area contributed by atoms with Crippen LogP contribution in [0.25, 0.3) is 0 Å². The maximum Gasteiger partial charge on any atom is 0.227 e. The summed E-state index contributed by atoms with van der Waals surface area (Å²) in [5.41, 5.74) is 5.70. The van der Waals surface area contributed by atoms with Gasteiger partial charge in [0.15, 0.2) is 0 Å². The smallest absolute Gasteiger partial charge is 0.227 e. The molecule has 1 aromatic heterocycles. The third-order valence-electron chi connectivity index (χ3n) is 3.47. The van der Waals surface area contributed by atoms with Crippen molar-refractivity contribution in [2.45, 2.75) is 31.6 Å². The van der Waals surface area contributed by atoms with Crippen molar-refractivity contribution in [1.82, 2.24) is 15.0 Å². The van der Waals surface area contributed by atoms with E-state index >= 15 is 0 Å². The second-order valence-electron chi connectivity index (χ2n) is 5.09. The fraction of sp³-hybridized carbons (Fsp3) is 0.750. The Morgan fingerprint density at radius 3 is 2.83 bits per heavy atom. The predicted molar refractivity (Wildman–Crippen MR) is 68.2 cm³/mol. The molecule has 1 aliphatic heterocycles. The molecule has 2 heterocycles. The summed E-state index contributed by atoms with van der Waals surface area (Å²) in [6, 6.07) is 0. The molecule has 6 nitrogen and oxygen atoms in total. The second kappa shape index (κ2) is 5.06. The maximum atomic E-state index is 5.70. The number of aromatic nitrogens is 3. The third kappa shape index (κ3) is 2.87. The summed E-state index contributed by atoms with van der Waals surface area (Å²) in [5, 5.41) is 3.24. The SMILES string of the molecule is Nc1nc(NCCC2CCOC2)nc(C2CC2)n1. The van der Waals surface area contributed by atoms with Crippen molar-refractivity contribution in [3.63, 3.8) is 0 Å². The summed E-state index contributed by atoms with van der Waals surface area (Å²) in [6.07, 6.45) is 4.59. The van der Waals surface area contributed by atoms with Gasteiger partial charge < -0.3 is 15.8 Å². The molecule has 1 atom stereocenters. The summed E-state index contributed by atoms with van der Waals surface area (Å²) in [4.78, 5) is 12.7. The molecule has 98 valence electrons. The van der Waals surface area contributed by atoms with Gasteiger partial charge in [0.25, 0.3) is 0 Å². The van der Waals surface area contributed by atoms with E-state index < -0.39 is 0 Å². The van der Waals surface area contributed by atoms with Crippen LogP contribution in [0.15, 0.2) is 0 Å². The van der Waals surface area contributed by atoms with Crippen LogP contribution in [0, 0.1) is 5.92 Å². The average Bonchev–Trinajstić information content (AvgIpc) is 3.08. The zero-order valence-corrected chi connectivity index (χ0v) is 10.4. The Morgan fingerprint density at radius 2 is 2.11 bits per heavy atom. The fourth-order valence-corrected chi connectivity index (χ4v) is 2.21. The summed E-state index contributed by atoms with van der Waals surface area (Å²) in [6.45, 7) is 2.64. The van der Waals surface area contributed by atoms with Crippen LogP contribution in [0.4, 0.5) is 11.9 Å². The molecular weight excluding hydrogens is 230 g/mol. The highest BCUT2D eigenvalue weighted by atomic mass is 16.5. The van der Waals surface area contributed by atoms with Gasteiger partial charge in [-0.1, -0.05) is 0 Å². The molecule has 2 aliphatic rings. The zero-order chi connectivity index (χ0) is 12.4. The van der Waals surface area contributed by atoms with Crippen LogP contribution in [-0.2, 0) is 4.74 Å². The quantitative estimate of drug-likeness (QED) is 0.814. The van der Waals surface area contributed by atoms with Crippen LogP contribution in [-0.4, -0.2) is 34.7 Å². The van der Waals surface area contributed by atoms with Gasteiger partial charge in [0, 0.05) is 25.7 Å². The number of nitrogens with one attached hydrogen (secondary N) is 1. The minimum atomic E-state index is 0.318. The van der Waals surface area contributed by atoms with Crippen molar-refractivity contribution in [2.75, 3.05) is 30.8 Å². The Balaban J connectivity index is 1.54. The number of rotatable bonds is 5. The predicted octanol–water partition coefficient (Wildman–Crippen LogP) is 1.17. The lowest BCUT2D eigenvalue weighted by Gasteiger charge is -2.09. The molecule has 1 aromatic rings. The molecule has 0 spiro atoms. The number of anilines is 2. The number of hydrogen-bond donors (Lipinski definition) is 2. The minimum absolute atomic E-state index is 0.318. The van der Waals surface area contributed by atoms with Crippen molar-refractivity contribution >= 4 is 11.9 Å². The second-order valence-corrected chi connectivity index (χ2v) is 5.09. The van der Waals surface area contributed by atoms with Crippen LogP contribution in [0.2, 0.25) is 0 Å².